The average Bonchev–Trinajstić information content (AvgIpc) is 2.50. The largest absolute Gasteiger partial charge is 0.489 e. The molecule has 0 fully saturated rings. The molecule has 0 aromatic heterocycles. The summed E-state index contributed by atoms with van der Waals surface area (Å²) in [6, 6.07) is 5.19. The van der Waals surface area contributed by atoms with Gasteiger partial charge in [-0.3, -0.25) is 4.79 Å². The summed E-state index contributed by atoms with van der Waals surface area (Å²) in [5, 5.41) is 18.0. The van der Waals surface area contributed by atoms with E-state index in [0.717, 1.165) is 5.56 Å². The van der Waals surface area contributed by atoms with Gasteiger partial charge in [-0.2, -0.15) is 0 Å². The monoisotopic (exact) mass is 299 g/mol. The summed E-state index contributed by atoms with van der Waals surface area (Å²) in [7, 11) is 1.32. The van der Waals surface area contributed by atoms with Gasteiger partial charge in [-0.15, -0.1) is 0 Å². The van der Waals surface area contributed by atoms with Crippen LogP contribution in [0.2, 0.25) is 0 Å². The van der Waals surface area contributed by atoms with Gasteiger partial charge < -0.3 is 30.2 Å². The molecule has 0 aliphatic rings. The van der Waals surface area contributed by atoms with Crippen molar-refractivity contribution in [3.63, 3.8) is 0 Å². The topological polar surface area (TPSA) is 111 Å². The van der Waals surface area contributed by atoms with Crippen molar-refractivity contribution >= 4 is 11.7 Å². The Labute approximate surface area is 123 Å². The number of hydrogen-bond acceptors (Lipinski definition) is 7. The van der Waals surface area contributed by atoms with Crippen molar-refractivity contribution in [2.75, 3.05) is 32.7 Å². The summed E-state index contributed by atoms with van der Waals surface area (Å²) in [5.74, 6) is 0.0783. The summed E-state index contributed by atoms with van der Waals surface area (Å²) in [6.45, 7) is 0.0482. The van der Waals surface area contributed by atoms with Gasteiger partial charge in [0.15, 0.2) is 0 Å². The Morgan fingerprint density at radius 2 is 2.19 bits per heavy atom. The summed E-state index contributed by atoms with van der Waals surface area (Å²) >= 11 is 0. The molecule has 0 heterocycles. The van der Waals surface area contributed by atoms with Crippen molar-refractivity contribution in [3.8, 4) is 5.75 Å². The van der Waals surface area contributed by atoms with E-state index in [1.54, 1.807) is 18.2 Å². The molecule has 0 bridgehead atoms. The average molecular weight is 299 g/mol. The fraction of sp³-hybridized carbons (Fsp3) is 0.500. The number of rotatable bonds is 9. The van der Waals surface area contributed by atoms with E-state index in [-0.39, 0.29) is 38.8 Å². The van der Waals surface area contributed by atoms with Gasteiger partial charge in [0, 0.05) is 5.56 Å². The van der Waals surface area contributed by atoms with E-state index in [1.165, 1.54) is 7.11 Å². The summed E-state index contributed by atoms with van der Waals surface area (Å²) in [4.78, 5) is 10.9. The minimum absolute atomic E-state index is 0.0483. The number of esters is 1. The molecular weight excluding hydrogens is 278 g/mol. The van der Waals surface area contributed by atoms with Gasteiger partial charge in [0.25, 0.3) is 0 Å². The lowest BCUT2D eigenvalue weighted by Crippen LogP contribution is -2.21. The van der Waals surface area contributed by atoms with E-state index < -0.39 is 6.10 Å². The number of ether oxygens (including phenoxy) is 3. The molecule has 1 unspecified atom stereocenters. The van der Waals surface area contributed by atoms with Crippen molar-refractivity contribution in [1.82, 2.24) is 0 Å². The number of methoxy groups -OCH3 is 1. The molecule has 0 amide bonds. The van der Waals surface area contributed by atoms with Crippen molar-refractivity contribution in [2.24, 2.45) is 0 Å². The van der Waals surface area contributed by atoms with Crippen molar-refractivity contribution in [1.29, 1.82) is 0 Å². The zero-order valence-electron chi connectivity index (χ0n) is 11.9. The smallest absolute Gasteiger partial charge is 0.307 e. The molecule has 0 spiro atoms. The Morgan fingerprint density at radius 3 is 2.86 bits per heavy atom. The van der Waals surface area contributed by atoms with Gasteiger partial charge >= 0.3 is 5.97 Å². The molecule has 4 N–H and O–H groups in total. The van der Waals surface area contributed by atoms with E-state index in [9.17, 15) is 9.90 Å². The van der Waals surface area contributed by atoms with Crippen LogP contribution in [0.4, 0.5) is 5.69 Å². The summed E-state index contributed by atoms with van der Waals surface area (Å²) in [6.07, 6.45) is -0.778. The molecule has 21 heavy (non-hydrogen) atoms. The van der Waals surface area contributed by atoms with Gasteiger partial charge in [0.1, 0.15) is 18.5 Å². The highest BCUT2D eigenvalue weighted by molar-refractivity contribution is 5.69. The molecule has 0 radical (unpaired) electrons. The standard InChI is InChI=1S/C14H21NO6/c1-19-13(18)5-6-20-8-10-3-2-4-12(14(10)15)21-9-11(17)7-16/h2-4,11,16-17H,5-9,15H2,1H3. The second-order valence-electron chi connectivity index (χ2n) is 4.36. The van der Waals surface area contributed by atoms with Crippen molar-refractivity contribution < 1.29 is 29.2 Å². The van der Waals surface area contributed by atoms with Crippen LogP contribution in [0.1, 0.15) is 12.0 Å². The van der Waals surface area contributed by atoms with Crippen LogP contribution in [-0.2, 0) is 20.9 Å². The zero-order valence-corrected chi connectivity index (χ0v) is 11.9. The van der Waals surface area contributed by atoms with Gasteiger partial charge in [-0.25, -0.2) is 0 Å². The highest BCUT2D eigenvalue weighted by Crippen LogP contribution is 2.25. The molecule has 7 nitrogen and oxygen atoms in total. The van der Waals surface area contributed by atoms with E-state index in [4.69, 9.17) is 20.3 Å². The minimum Gasteiger partial charge on any atom is -0.489 e. The van der Waals surface area contributed by atoms with Crippen LogP contribution in [0.15, 0.2) is 18.2 Å². The Kier molecular flexibility index (Phi) is 7.52. The Morgan fingerprint density at radius 1 is 1.43 bits per heavy atom. The second kappa shape index (κ2) is 9.17. The molecule has 0 aliphatic heterocycles. The number of aliphatic hydroxyl groups excluding tert-OH is 2. The molecule has 1 aromatic rings. The fourth-order valence-electron chi connectivity index (χ4n) is 1.52. The maximum atomic E-state index is 10.9. The molecule has 118 valence electrons. The van der Waals surface area contributed by atoms with E-state index in [2.05, 4.69) is 4.74 Å². The van der Waals surface area contributed by atoms with Gasteiger partial charge in [0.2, 0.25) is 0 Å². The lowest BCUT2D eigenvalue weighted by Gasteiger charge is -2.14. The number of nitrogen functional groups attached to an aromatic ring is 1. The lowest BCUT2D eigenvalue weighted by atomic mass is 10.2. The highest BCUT2D eigenvalue weighted by Gasteiger charge is 2.09. The molecule has 1 rings (SSSR count). The number of hydrogen-bond donors (Lipinski definition) is 3. The molecule has 1 aromatic carbocycles. The number of anilines is 1. The number of benzene rings is 1. The number of para-hydroxylation sites is 1. The third-order valence-corrected chi connectivity index (χ3v) is 2.73. The van der Waals surface area contributed by atoms with E-state index in [1.807, 2.05) is 0 Å². The molecule has 1 atom stereocenters. The molecule has 7 heteroatoms. The third kappa shape index (κ3) is 5.99. The van der Waals surface area contributed by atoms with Gasteiger partial charge in [0.05, 0.1) is 39.0 Å². The Hall–Kier alpha value is -1.83. The second-order valence-corrected chi connectivity index (χ2v) is 4.36. The van der Waals surface area contributed by atoms with Crippen LogP contribution < -0.4 is 10.5 Å². The number of carbonyl (C=O) groups is 1. The van der Waals surface area contributed by atoms with E-state index in [0.29, 0.717) is 11.4 Å². The first-order chi connectivity index (χ1) is 10.1. The Balaban J connectivity index is 2.49. The van der Waals surface area contributed by atoms with Crippen LogP contribution in [0, 0.1) is 0 Å². The fourth-order valence-corrected chi connectivity index (χ4v) is 1.52. The first-order valence-corrected chi connectivity index (χ1v) is 6.52. The molecule has 0 saturated carbocycles. The SMILES string of the molecule is COC(=O)CCOCc1cccc(OCC(O)CO)c1N. The minimum atomic E-state index is -0.954. The van der Waals surface area contributed by atoms with Crippen LogP contribution >= 0.6 is 0 Å². The number of aliphatic hydroxyl groups is 2. The van der Waals surface area contributed by atoms with Gasteiger partial charge in [-0.05, 0) is 6.07 Å². The van der Waals surface area contributed by atoms with Crippen molar-refractivity contribution in [3.05, 3.63) is 23.8 Å². The molecular formula is C14H21NO6. The van der Waals surface area contributed by atoms with Crippen molar-refractivity contribution in [2.45, 2.75) is 19.1 Å². The predicted octanol–water partition coefficient (Wildman–Crippen LogP) is 0.0805. The Bertz CT molecular complexity index is 451. The van der Waals surface area contributed by atoms with Crippen LogP contribution in [0.3, 0.4) is 0 Å². The highest BCUT2D eigenvalue weighted by atomic mass is 16.5. The maximum absolute atomic E-state index is 10.9. The molecule has 0 aliphatic carbocycles. The quantitative estimate of drug-likeness (QED) is 0.336. The number of carbonyl (C=O) groups excluding carboxylic acids is 1. The lowest BCUT2D eigenvalue weighted by molar-refractivity contribution is -0.141. The van der Waals surface area contributed by atoms with Crippen LogP contribution in [-0.4, -0.2) is 49.2 Å². The number of nitrogens with two attached hydrogens (primary N) is 1. The normalized spacial score (nSPS) is 12.0. The first-order valence-electron chi connectivity index (χ1n) is 6.52. The molecule has 0 saturated heterocycles. The van der Waals surface area contributed by atoms with E-state index >= 15 is 0 Å². The van der Waals surface area contributed by atoms with Gasteiger partial charge in [-0.1, -0.05) is 12.1 Å². The first kappa shape index (κ1) is 17.2. The third-order valence-electron chi connectivity index (χ3n) is 2.73. The maximum Gasteiger partial charge on any atom is 0.307 e. The van der Waals surface area contributed by atoms with Crippen LogP contribution in [0.5, 0.6) is 5.75 Å². The zero-order chi connectivity index (χ0) is 15.7. The summed E-state index contributed by atoms with van der Waals surface area (Å²) < 4.78 is 15.2. The summed E-state index contributed by atoms with van der Waals surface area (Å²) in [5.41, 5.74) is 7.06. The van der Waals surface area contributed by atoms with Crippen LogP contribution in [0.25, 0.3) is 0 Å². The predicted molar refractivity (Wildman–Crippen MR) is 75.7 cm³/mol.